The first-order valence-electron chi connectivity index (χ1n) is 6.32. The Labute approximate surface area is 109 Å². The average Bonchev–Trinajstić information content (AvgIpc) is 2.27. The molecule has 0 aliphatic carbocycles. The summed E-state index contributed by atoms with van der Waals surface area (Å²) in [6.45, 7) is 6.24. The Kier molecular flexibility index (Phi) is 5.20. The van der Waals surface area contributed by atoms with Crippen LogP contribution in [-0.4, -0.2) is 18.2 Å². The Hall–Kier alpha value is -1.51. The van der Waals surface area contributed by atoms with Crippen LogP contribution in [0.15, 0.2) is 18.2 Å². The summed E-state index contributed by atoms with van der Waals surface area (Å²) < 4.78 is 5.34. The minimum absolute atomic E-state index is 0.110. The summed E-state index contributed by atoms with van der Waals surface area (Å²) in [6.07, 6.45) is 0.922. The van der Waals surface area contributed by atoms with E-state index in [1.165, 1.54) is 5.56 Å². The Morgan fingerprint density at radius 2 is 2.00 bits per heavy atom. The molecule has 3 nitrogen and oxygen atoms in total. The number of carboxylic acid groups (broad SMARTS) is 1. The summed E-state index contributed by atoms with van der Waals surface area (Å²) in [5.74, 6) is 0.668. The SMILES string of the molecule is COc1ccc(C(C)C)cc1CC(C)CC(=O)O. The van der Waals surface area contributed by atoms with Crippen LogP contribution in [0.5, 0.6) is 5.75 Å². The molecule has 1 N–H and O–H groups in total. The number of carbonyl (C=O) groups is 1. The lowest BCUT2D eigenvalue weighted by Gasteiger charge is -2.15. The molecule has 0 amide bonds. The molecule has 1 rings (SSSR count). The first kappa shape index (κ1) is 14.6. The monoisotopic (exact) mass is 250 g/mol. The highest BCUT2D eigenvalue weighted by molar-refractivity contribution is 5.67. The maximum absolute atomic E-state index is 10.7. The molecule has 0 saturated heterocycles. The number of aliphatic carboxylic acids is 1. The van der Waals surface area contributed by atoms with Gasteiger partial charge in [-0.25, -0.2) is 0 Å². The Morgan fingerprint density at radius 1 is 1.33 bits per heavy atom. The summed E-state index contributed by atoms with van der Waals surface area (Å²) in [6, 6.07) is 6.16. The topological polar surface area (TPSA) is 46.5 Å². The van der Waals surface area contributed by atoms with Crippen LogP contribution in [0.4, 0.5) is 0 Å². The van der Waals surface area contributed by atoms with Crippen molar-refractivity contribution >= 4 is 5.97 Å². The maximum Gasteiger partial charge on any atom is 0.303 e. The van der Waals surface area contributed by atoms with Gasteiger partial charge < -0.3 is 9.84 Å². The predicted octanol–water partition coefficient (Wildman–Crippen LogP) is 3.47. The van der Waals surface area contributed by atoms with E-state index >= 15 is 0 Å². The van der Waals surface area contributed by atoms with Crippen molar-refractivity contribution in [3.63, 3.8) is 0 Å². The lowest BCUT2D eigenvalue weighted by Crippen LogP contribution is -2.08. The summed E-state index contributed by atoms with van der Waals surface area (Å²) in [7, 11) is 1.65. The van der Waals surface area contributed by atoms with Crippen LogP contribution < -0.4 is 4.74 Å². The zero-order valence-corrected chi connectivity index (χ0v) is 11.6. The molecule has 100 valence electrons. The quantitative estimate of drug-likeness (QED) is 0.840. The van der Waals surface area contributed by atoms with Crippen molar-refractivity contribution in [1.82, 2.24) is 0 Å². The van der Waals surface area contributed by atoms with Crippen LogP contribution in [0.2, 0.25) is 0 Å². The zero-order chi connectivity index (χ0) is 13.7. The van der Waals surface area contributed by atoms with Gasteiger partial charge in [-0.1, -0.05) is 32.9 Å². The van der Waals surface area contributed by atoms with Gasteiger partial charge in [0.25, 0.3) is 0 Å². The third-order valence-electron chi connectivity index (χ3n) is 3.06. The van der Waals surface area contributed by atoms with Crippen LogP contribution in [0.1, 0.15) is 44.2 Å². The van der Waals surface area contributed by atoms with Gasteiger partial charge in [0, 0.05) is 6.42 Å². The minimum atomic E-state index is -0.749. The molecule has 1 aromatic rings. The molecule has 0 saturated carbocycles. The fourth-order valence-corrected chi connectivity index (χ4v) is 2.06. The molecule has 3 heteroatoms. The number of methoxy groups -OCH3 is 1. The maximum atomic E-state index is 10.7. The number of carboxylic acids is 1. The molecule has 0 aliphatic heterocycles. The van der Waals surface area contributed by atoms with Gasteiger partial charge in [0.2, 0.25) is 0 Å². The van der Waals surface area contributed by atoms with Crippen LogP contribution in [0.25, 0.3) is 0 Å². The summed E-state index contributed by atoms with van der Waals surface area (Å²) in [5, 5.41) is 8.80. The van der Waals surface area contributed by atoms with Gasteiger partial charge in [-0.05, 0) is 35.4 Å². The van der Waals surface area contributed by atoms with Crippen molar-refractivity contribution in [3.8, 4) is 5.75 Å². The third-order valence-corrected chi connectivity index (χ3v) is 3.06. The highest BCUT2D eigenvalue weighted by Gasteiger charge is 2.13. The first-order chi connectivity index (χ1) is 8.43. The summed E-state index contributed by atoms with van der Waals surface area (Å²) in [5.41, 5.74) is 2.35. The van der Waals surface area contributed by atoms with E-state index in [0.717, 1.165) is 17.7 Å². The van der Waals surface area contributed by atoms with Crippen LogP contribution in [-0.2, 0) is 11.2 Å². The molecule has 1 unspecified atom stereocenters. The number of benzene rings is 1. The fourth-order valence-electron chi connectivity index (χ4n) is 2.06. The molecular weight excluding hydrogens is 228 g/mol. The van der Waals surface area contributed by atoms with E-state index in [1.807, 2.05) is 13.0 Å². The van der Waals surface area contributed by atoms with E-state index in [1.54, 1.807) is 7.11 Å². The van der Waals surface area contributed by atoms with Crippen molar-refractivity contribution in [2.75, 3.05) is 7.11 Å². The molecule has 1 atom stereocenters. The lowest BCUT2D eigenvalue weighted by molar-refractivity contribution is -0.137. The lowest BCUT2D eigenvalue weighted by atomic mass is 9.93. The van der Waals surface area contributed by atoms with Gasteiger partial charge in [0.05, 0.1) is 7.11 Å². The fraction of sp³-hybridized carbons (Fsp3) is 0.533. The summed E-state index contributed by atoms with van der Waals surface area (Å²) >= 11 is 0. The van der Waals surface area contributed by atoms with E-state index in [4.69, 9.17) is 9.84 Å². The Morgan fingerprint density at radius 3 is 2.50 bits per heavy atom. The summed E-state index contributed by atoms with van der Waals surface area (Å²) in [4.78, 5) is 10.7. The normalized spacial score (nSPS) is 12.5. The van der Waals surface area contributed by atoms with Gasteiger partial charge in [-0.3, -0.25) is 4.79 Å². The number of rotatable bonds is 6. The molecule has 0 aliphatic rings. The molecule has 0 bridgehead atoms. The number of hydrogen-bond donors (Lipinski definition) is 1. The zero-order valence-electron chi connectivity index (χ0n) is 11.6. The van der Waals surface area contributed by atoms with E-state index in [-0.39, 0.29) is 12.3 Å². The molecule has 1 aromatic carbocycles. The molecule has 0 spiro atoms. The molecule has 0 fully saturated rings. The number of hydrogen-bond acceptors (Lipinski definition) is 2. The van der Waals surface area contributed by atoms with Crippen LogP contribution >= 0.6 is 0 Å². The highest BCUT2D eigenvalue weighted by Crippen LogP contribution is 2.27. The van der Waals surface area contributed by atoms with Gasteiger partial charge in [-0.15, -0.1) is 0 Å². The number of ether oxygens (including phenoxy) is 1. The first-order valence-corrected chi connectivity index (χ1v) is 6.32. The third kappa shape index (κ3) is 4.06. The molecule has 0 aromatic heterocycles. The second-order valence-electron chi connectivity index (χ2n) is 5.13. The van der Waals surface area contributed by atoms with Crippen molar-refractivity contribution < 1.29 is 14.6 Å². The Balaban J connectivity index is 2.90. The van der Waals surface area contributed by atoms with Crippen LogP contribution in [0, 0.1) is 5.92 Å². The standard InChI is InChI=1S/C15H22O3/c1-10(2)12-5-6-14(18-4)13(9-12)7-11(3)8-15(16)17/h5-6,9-11H,7-8H2,1-4H3,(H,16,17). The second kappa shape index (κ2) is 6.43. The van der Waals surface area contributed by atoms with Crippen molar-refractivity contribution in [2.24, 2.45) is 5.92 Å². The minimum Gasteiger partial charge on any atom is -0.496 e. The van der Waals surface area contributed by atoms with Gasteiger partial charge in [-0.2, -0.15) is 0 Å². The highest BCUT2D eigenvalue weighted by atomic mass is 16.5. The van der Waals surface area contributed by atoms with Crippen LogP contribution in [0.3, 0.4) is 0 Å². The molecule has 0 radical (unpaired) electrons. The smallest absolute Gasteiger partial charge is 0.303 e. The van der Waals surface area contributed by atoms with Gasteiger partial charge >= 0.3 is 5.97 Å². The largest absolute Gasteiger partial charge is 0.496 e. The Bertz CT molecular complexity index is 410. The molecule has 18 heavy (non-hydrogen) atoms. The van der Waals surface area contributed by atoms with Crippen molar-refractivity contribution in [2.45, 2.75) is 39.5 Å². The average molecular weight is 250 g/mol. The van der Waals surface area contributed by atoms with Crippen molar-refractivity contribution in [1.29, 1.82) is 0 Å². The van der Waals surface area contributed by atoms with E-state index in [0.29, 0.717) is 5.92 Å². The van der Waals surface area contributed by atoms with Gasteiger partial charge in [0.15, 0.2) is 0 Å². The van der Waals surface area contributed by atoms with Crippen molar-refractivity contribution in [3.05, 3.63) is 29.3 Å². The van der Waals surface area contributed by atoms with E-state index in [9.17, 15) is 4.79 Å². The van der Waals surface area contributed by atoms with E-state index < -0.39 is 5.97 Å². The van der Waals surface area contributed by atoms with E-state index in [2.05, 4.69) is 26.0 Å². The second-order valence-corrected chi connectivity index (χ2v) is 5.13. The molecular formula is C15H22O3. The van der Waals surface area contributed by atoms with Gasteiger partial charge in [0.1, 0.15) is 5.75 Å². The predicted molar refractivity (Wildman–Crippen MR) is 72.2 cm³/mol. The molecule has 0 heterocycles.